The zero-order valence-corrected chi connectivity index (χ0v) is 17.7. The maximum Gasteiger partial charge on any atom is 0.262 e. The number of amides is 1. The minimum atomic E-state index is -3.54. The van der Waals surface area contributed by atoms with E-state index in [1.54, 1.807) is 30.3 Å². The second-order valence-electron chi connectivity index (χ2n) is 7.07. The predicted octanol–water partition coefficient (Wildman–Crippen LogP) is 4.30. The minimum absolute atomic E-state index is 0.173. The number of anilines is 1. The van der Waals surface area contributed by atoms with Crippen LogP contribution in [0.25, 0.3) is 10.8 Å². The van der Waals surface area contributed by atoms with Crippen LogP contribution < -0.4 is 10.1 Å². The zero-order chi connectivity index (χ0) is 21.1. The molecule has 0 aliphatic carbocycles. The summed E-state index contributed by atoms with van der Waals surface area (Å²) in [5, 5.41) is 4.97. The number of sulfonamides is 1. The number of rotatable bonds is 6. The molecule has 0 spiro atoms. The molecule has 0 atom stereocenters. The zero-order valence-electron chi connectivity index (χ0n) is 16.2. The molecule has 30 heavy (non-hydrogen) atoms. The lowest BCUT2D eigenvalue weighted by Crippen LogP contribution is -2.28. The second kappa shape index (κ2) is 8.63. The van der Waals surface area contributed by atoms with Gasteiger partial charge in [-0.05, 0) is 43.2 Å². The Morgan fingerprint density at radius 2 is 1.73 bits per heavy atom. The average molecular weight is 445 g/mol. The van der Waals surface area contributed by atoms with Gasteiger partial charge in [0, 0.05) is 34.6 Å². The molecule has 0 radical (unpaired) electrons. The van der Waals surface area contributed by atoms with Gasteiger partial charge in [0.25, 0.3) is 5.91 Å². The predicted molar refractivity (Wildman–Crippen MR) is 118 cm³/mol. The quantitative estimate of drug-likeness (QED) is 0.615. The highest BCUT2D eigenvalue weighted by Gasteiger charge is 2.27. The molecule has 8 heteroatoms. The Morgan fingerprint density at radius 1 is 1.00 bits per heavy atom. The first-order valence-electron chi connectivity index (χ1n) is 9.65. The Morgan fingerprint density at radius 3 is 2.50 bits per heavy atom. The van der Waals surface area contributed by atoms with Crippen molar-refractivity contribution in [3.8, 4) is 5.75 Å². The van der Waals surface area contributed by atoms with Crippen LogP contribution in [0.4, 0.5) is 5.69 Å². The Hall–Kier alpha value is -2.61. The van der Waals surface area contributed by atoms with Gasteiger partial charge in [-0.3, -0.25) is 4.79 Å². The van der Waals surface area contributed by atoms with Gasteiger partial charge in [-0.15, -0.1) is 0 Å². The number of nitrogens with one attached hydrogen (secondary N) is 1. The third-order valence-corrected chi connectivity index (χ3v) is 7.23. The highest BCUT2D eigenvalue weighted by Crippen LogP contribution is 2.31. The fourth-order valence-electron chi connectivity index (χ4n) is 3.51. The summed E-state index contributed by atoms with van der Waals surface area (Å²) >= 11 is 6.21. The number of halogens is 1. The number of carbonyl (C=O) groups excluding carboxylic acids is 1. The van der Waals surface area contributed by atoms with Gasteiger partial charge in [0.05, 0.1) is 4.90 Å². The summed E-state index contributed by atoms with van der Waals surface area (Å²) in [6.07, 6.45) is 1.73. The van der Waals surface area contributed by atoms with E-state index in [0.29, 0.717) is 29.5 Å². The van der Waals surface area contributed by atoms with Crippen LogP contribution in [-0.4, -0.2) is 38.3 Å². The van der Waals surface area contributed by atoms with E-state index in [-0.39, 0.29) is 17.4 Å². The van der Waals surface area contributed by atoms with Crippen LogP contribution in [-0.2, 0) is 14.8 Å². The topological polar surface area (TPSA) is 75.7 Å². The number of hydrogen-bond donors (Lipinski definition) is 1. The second-order valence-corrected chi connectivity index (χ2v) is 9.41. The lowest BCUT2D eigenvalue weighted by molar-refractivity contribution is -0.118. The first kappa shape index (κ1) is 20.7. The number of hydrogen-bond acceptors (Lipinski definition) is 4. The van der Waals surface area contributed by atoms with Crippen LogP contribution in [0.5, 0.6) is 5.75 Å². The number of carbonyl (C=O) groups is 1. The van der Waals surface area contributed by atoms with Gasteiger partial charge in [-0.1, -0.05) is 41.9 Å². The molecule has 0 bridgehead atoms. The van der Waals surface area contributed by atoms with Crippen molar-refractivity contribution in [1.29, 1.82) is 0 Å². The standard InChI is InChI=1S/C22H21ClN2O4S/c23-20-10-11-21(19-9-2-1-8-18(19)20)29-15-22(26)24-16-6-5-7-17(14-16)30(27,28)25-12-3-4-13-25/h1-2,5-11,14H,3-4,12-13,15H2,(H,24,26). The third kappa shape index (κ3) is 4.28. The van der Waals surface area contributed by atoms with Crippen LogP contribution in [0.15, 0.2) is 65.6 Å². The lowest BCUT2D eigenvalue weighted by Gasteiger charge is -2.16. The lowest BCUT2D eigenvalue weighted by atomic mass is 10.1. The van der Waals surface area contributed by atoms with E-state index in [4.69, 9.17) is 16.3 Å². The van der Waals surface area contributed by atoms with Gasteiger partial charge in [0.2, 0.25) is 10.0 Å². The largest absolute Gasteiger partial charge is 0.483 e. The van der Waals surface area contributed by atoms with Crippen molar-refractivity contribution in [1.82, 2.24) is 4.31 Å². The summed E-state index contributed by atoms with van der Waals surface area (Å²) in [6, 6.07) is 17.3. The summed E-state index contributed by atoms with van der Waals surface area (Å²) in [5.74, 6) is 0.167. The molecule has 0 unspecified atom stereocenters. The molecule has 4 rings (SSSR count). The molecule has 1 fully saturated rings. The average Bonchev–Trinajstić information content (AvgIpc) is 3.30. The molecule has 0 aromatic heterocycles. The van der Waals surface area contributed by atoms with Gasteiger partial charge in [-0.2, -0.15) is 4.31 Å². The Balaban J connectivity index is 1.45. The summed E-state index contributed by atoms with van der Waals surface area (Å²) in [6.45, 7) is 0.846. The molecule has 6 nitrogen and oxygen atoms in total. The Kier molecular flexibility index (Phi) is 5.94. The molecule has 0 saturated carbocycles. The van der Waals surface area contributed by atoms with E-state index in [1.165, 1.54) is 10.4 Å². The SMILES string of the molecule is O=C(COc1ccc(Cl)c2ccccc12)Nc1cccc(S(=O)(=O)N2CCCC2)c1. The molecular weight excluding hydrogens is 424 g/mol. The molecule has 1 amide bonds. The summed E-state index contributed by atoms with van der Waals surface area (Å²) in [5.41, 5.74) is 0.407. The monoisotopic (exact) mass is 444 g/mol. The summed E-state index contributed by atoms with van der Waals surface area (Å²) in [4.78, 5) is 12.6. The maximum absolute atomic E-state index is 12.7. The molecule has 1 heterocycles. The van der Waals surface area contributed by atoms with Crippen LogP contribution >= 0.6 is 11.6 Å². The highest BCUT2D eigenvalue weighted by atomic mass is 35.5. The van der Waals surface area contributed by atoms with Crippen molar-refractivity contribution >= 4 is 44.0 Å². The van der Waals surface area contributed by atoms with Crippen molar-refractivity contribution in [2.45, 2.75) is 17.7 Å². The number of benzene rings is 3. The summed E-state index contributed by atoms with van der Waals surface area (Å²) in [7, 11) is -3.54. The van der Waals surface area contributed by atoms with Gasteiger partial charge >= 0.3 is 0 Å². The van der Waals surface area contributed by atoms with Gasteiger partial charge < -0.3 is 10.1 Å². The molecule has 1 aliphatic heterocycles. The van der Waals surface area contributed by atoms with Crippen LogP contribution in [0.1, 0.15) is 12.8 Å². The smallest absolute Gasteiger partial charge is 0.262 e. The number of ether oxygens (including phenoxy) is 1. The molecular formula is C22H21ClN2O4S. The molecule has 1 saturated heterocycles. The number of fused-ring (bicyclic) bond motifs is 1. The fourth-order valence-corrected chi connectivity index (χ4v) is 5.30. The Bertz CT molecular complexity index is 1190. The van der Waals surface area contributed by atoms with E-state index >= 15 is 0 Å². The molecule has 3 aromatic carbocycles. The number of nitrogens with zero attached hydrogens (tertiary/aromatic N) is 1. The van der Waals surface area contributed by atoms with E-state index in [0.717, 1.165) is 23.6 Å². The van der Waals surface area contributed by atoms with Gasteiger partial charge in [-0.25, -0.2) is 8.42 Å². The molecule has 156 valence electrons. The third-order valence-electron chi connectivity index (χ3n) is 5.01. The van der Waals surface area contributed by atoms with Crippen molar-refractivity contribution in [3.05, 3.63) is 65.7 Å². The van der Waals surface area contributed by atoms with Crippen molar-refractivity contribution in [3.63, 3.8) is 0 Å². The molecule has 3 aromatic rings. The normalized spacial score (nSPS) is 14.7. The first-order chi connectivity index (χ1) is 14.4. The molecule has 1 aliphatic rings. The van der Waals surface area contributed by atoms with Crippen LogP contribution in [0, 0.1) is 0 Å². The highest BCUT2D eigenvalue weighted by molar-refractivity contribution is 7.89. The van der Waals surface area contributed by atoms with E-state index in [2.05, 4.69) is 5.32 Å². The van der Waals surface area contributed by atoms with Crippen LogP contribution in [0.3, 0.4) is 0 Å². The Labute approximate surface area is 180 Å². The molecule has 1 N–H and O–H groups in total. The first-order valence-corrected chi connectivity index (χ1v) is 11.5. The van der Waals surface area contributed by atoms with E-state index < -0.39 is 10.0 Å². The van der Waals surface area contributed by atoms with Crippen molar-refractivity contribution in [2.24, 2.45) is 0 Å². The van der Waals surface area contributed by atoms with Crippen molar-refractivity contribution in [2.75, 3.05) is 25.0 Å². The van der Waals surface area contributed by atoms with Gasteiger partial charge in [0.1, 0.15) is 5.75 Å². The maximum atomic E-state index is 12.7. The van der Waals surface area contributed by atoms with Crippen LogP contribution in [0.2, 0.25) is 5.02 Å². The van der Waals surface area contributed by atoms with E-state index in [9.17, 15) is 13.2 Å². The fraction of sp³-hybridized carbons (Fsp3) is 0.227. The van der Waals surface area contributed by atoms with Gasteiger partial charge in [0.15, 0.2) is 6.61 Å². The van der Waals surface area contributed by atoms with Crippen molar-refractivity contribution < 1.29 is 17.9 Å². The van der Waals surface area contributed by atoms with E-state index in [1.807, 2.05) is 24.3 Å². The minimum Gasteiger partial charge on any atom is -0.483 e. The summed E-state index contributed by atoms with van der Waals surface area (Å²) < 4.78 is 32.6.